The summed E-state index contributed by atoms with van der Waals surface area (Å²) in [5, 5.41) is 3.13. The van der Waals surface area contributed by atoms with Crippen molar-refractivity contribution < 1.29 is 9.59 Å². The van der Waals surface area contributed by atoms with Gasteiger partial charge in [0.05, 0.1) is 17.1 Å². The van der Waals surface area contributed by atoms with E-state index in [2.05, 4.69) is 76.0 Å². The van der Waals surface area contributed by atoms with Crippen LogP contribution >= 0.6 is 11.8 Å². The van der Waals surface area contributed by atoms with Crippen molar-refractivity contribution in [1.29, 1.82) is 0 Å². The van der Waals surface area contributed by atoms with Crippen LogP contribution in [-0.2, 0) is 17.8 Å². The van der Waals surface area contributed by atoms with E-state index < -0.39 is 0 Å². The Bertz CT molecular complexity index is 1450. The number of thioether (sulfide) groups is 1. The monoisotopic (exact) mass is 597 g/mol. The number of hydrogen-bond donors (Lipinski definition) is 1. The Morgan fingerprint density at radius 3 is 2.40 bits per heavy atom. The predicted molar refractivity (Wildman–Crippen MR) is 182 cm³/mol. The number of aryl methyl sites for hydroxylation is 1. The Morgan fingerprint density at radius 1 is 0.953 bits per heavy atom. The first kappa shape index (κ1) is 32.6. The van der Waals surface area contributed by atoms with Crippen LogP contribution in [0.1, 0.15) is 80.1 Å². The second-order valence-corrected chi connectivity index (χ2v) is 13.8. The minimum Gasteiger partial charge on any atom is -0.351 e. The number of hydrogen-bond acceptors (Lipinski definition) is 4. The van der Waals surface area contributed by atoms with Gasteiger partial charge in [0.15, 0.2) is 0 Å². The molecule has 0 fully saturated rings. The Kier molecular flexibility index (Phi) is 11.3. The zero-order chi connectivity index (χ0) is 31.0. The van der Waals surface area contributed by atoms with Gasteiger partial charge in [0.1, 0.15) is 0 Å². The number of carbonyl (C=O) groups is 2. The van der Waals surface area contributed by atoms with E-state index >= 15 is 0 Å². The molecule has 0 saturated carbocycles. The van der Waals surface area contributed by atoms with Gasteiger partial charge >= 0.3 is 0 Å². The Labute approximate surface area is 262 Å². The molecular formula is C37H47N3O2S. The van der Waals surface area contributed by atoms with Crippen molar-refractivity contribution in [2.24, 2.45) is 5.41 Å². The number of fused-ring (bicyclic) bond motifs is 1. The molecule has 0 aliphatic carbocycles. The number of rotatable bonds is 12. The molecule has 0 spiro atoms. The SMILES string of the molecule is CCCN(CCC)CCNC(=O)c1ccc(C=C2Sc3ccccc3N(Cc3cccc(C)c3)C2=O)c(CC(C)(C)C)c1. The Balaban J connectivity index is 1.61. The van der Waals surface area contributed by atoms with Crippen LogP contribution in [0.25, 0.3) is 6.08 Å². The average molecular weight is 598 g/mol. The molecule has 0 bridgehead atoms. The quantitative estimate of drug-likeness (QED) is 0.214. The highest BCUT2D eigenvalue weighted by atomic mass is 32.2. The van der Waals surface area contributed by atoms with Gasteiger partial charge in [-0.2, -0.15) is 0 Å². The van der Waals surface area contributed by atoms with Crippen molar-refractivity contribution >= 4 is 35.3 Å². The van der Waals surface area contributed by atoms with E-state index in [-0.39, 0.29) is 17.2 Å². The van der Waals surface area contributed by atoms with Crippen molar-refractivity contribution in [2.45, 2.75) is 72.2 Å². The first-order chi connectivity index (χ1) is 20.6. The Hall–Kier alpha value is -3.35. The smallest absolute Gasteiger partial charge is 0.265 e. The third kappa shape index (κ3) is 9.07. The van der Waals surface area contributed by atoms with Crippen molar-refractivity contribution in [3.8, 4) is 0 Å². The van der Waals surface area contributed by atoms with Crippen molar-refractivity contribution in [2.75, 3.05) is 31.1 Å². The minimum atomic E-state index is -0.0521. The topological polar surface area (TPSA) is 52.7 Å². The van der Waals surface area contributed by atoms with Crippen LogP contribution in [-0.4, -0.2) is 42.9 Å². The Morgan fingerprint density at radius 2 is 1.70 bits per heavy atom. The fraction of sp³-hybridized carbons (Fsp3) is 0.405. The number of amides is 2. The number of benzene rings is 3. The summed E-state index contributed by atoms with van der Waals surface area (Å²) < 4.78 is 0. The standard InChI is InChI=1S/C37H47N3O2S/c1-7-19-39(20-8-2)21-18-38-35(41)30-17-16-29(31(23-30)25-37(4,5)6)24-34-36(42)40(26-28-13-11-12-27(3)22-28)32-14-9-10-15-33(32)43-34/h9-17,22-24H,7-8,18-21,25-26H2,1-6H3,(H,38,41). The largest absolute Gasteiger partial charge is 0.351 e. The van der Waals surface area contributed by atoms with Crippen molar-refractivity contribution in [3.05, 3.63) is 99.5 Å². The molecule has 228 valence electrons. The van der Waals surface area contributed by atoms with Crippen LogP contribution in [0.3, 0.4) is 0 Å². The third-order valence-corrected chi connectivity index (χ3v) is 8.54. The number of nitrogens with one attached hydrogen (secondary N) is 1. The molecule has 0 atom stereocenters. The van der Waals surface area contributed by atoms with Gasteiger partial charge in [0.25, 0.3) is 11.8 Å². The van der Waals surface area contributed by atoms with E-state index in [4.69, 9.17) is 0 Å². The molecule has 2 amide bonds. The van der Waals surface area contributed by atoms with E-state index in [0.29, 0.717) is 23.6 Å². The van der Waals surface area contributed by atoms with Crippen molar-refractivity contribution in [1.82, 2.24) is 10.2 Å². The van der Waals surface area contributed by atoms with Gasteiger partial charge in [0.2, 0.25) is 0 Å². The molecule has 1 aliphatic rings. The molecule has 0 unspecified atom stereocenters. The average Bonchev–Trinajstić information content (AvgIpc) is 2.95. The lowest BCUT2D eigenvalue weighted by molar-refractivity contribution is -0.114. The fourth-order valence-electron chi connectivity index (χ4n) is 5.56. The highest BCUT2D eigenvalue weighted by Crippen LogP contribution is 2.43. The molecule has 0 aromatic heterocycles. The normalized spacial score (nSPS) is 14.3. The van der Waals surface area contributed by atoms with E-state index in [0.717, 1.165) is 66.2 Å². The number of para-hydroxylation sites is 1. The number of carbonyl (C=O) groups excluding carboxylic acids is 2. The summed E-state index contributed by atoms with van der Waals surface area (Å²) in [5.41, 5.74) is 5.94. The van der Waals surface area contributed by atoms with Crippen LogP contribution in [0, 0.1) is 12.3 Å². The molecule has 3 aromatic carbocycles. The van der Waals surface area contributed by atoms with Crippen LogP contribution in [0.15, 0.2) is 76.5 Å². The summed E-state index contributed by atoms with van der Waals surface area (Å²) in [6.45, 7) is 17.1. The van der Waals surface area contributed by atoms with Crippen molar-refractivity contribution in [3.63, 3.8) is 0 Å². The van der Waals surface area contributed by atoms with Gasteiger partial charge in [-0.15, -0.1) is 0 Å². The lowest BCUT2D eigenvalue weighted by atomic mass is 9.85. The maximum atomic E-state index is 14.0. The zero-order valence-corrected chi connectivity index (χ0v) is 27.5. The zero-order valence-electron chi connectivity index (χ0n) is 26.7. The van der Waals surface area contributed by atoms with E-state index in [1.165, 1.54) is 17.3 Å². The highest BCUT2D eigenvalue weighted by molar-refractivity contribution is 8.04. The molecule has 1 N–H and O–H groups in total. The molecule has 6 heteroatoms. The molecule has 4 rings (SSSR count). The molecular weight excluding hydrogens is 550 g/mol. The summed E-state index contributed by atoms with van der Waals surface area (Å²) in [6.07, 6.45) is 5.02. The van der Waals surface area contributed by atoms with E-state index in [1.54, 1.807) is 0 Å². The highest BCUT2D eigenvalue weighted by Gasteiger charge is 2.29. The summed E-state index contributed by atoms with van der Waals surface area (Å²) in [7, 11) is 0. The van der Waals surface area contributed by atoms with Crippen LogP contribution < -0.4 is 10.2 Å². The van der Waals surface area contributed by atoms with Crippen LogP contribution in [0.4, 0.5) is 5.69 Å². The van der Waals surface area contributed by atoms with E-state index in [9.17, 15) is 9.59 Å². The molecule has 43 heavy (non-hydrogen) atoms. The first-order valence-electron chi connectivity index (χ1n) is 15.6. The molecule has 3 aromatic rings. The maximum absolute atomic E-state index is 14.0. The van der Waals surface area contributed by atoms with Gasteiger partial charge in [-0.3, -0.25) is 9.59 Å². The van der Waals surface area contributed by atoms with Gasteiger partial charge in [-0.25, -0.2) is 0 Å². The maximum Gasteiger partial charge on any atom is 0.265 e. The van der Waals surface area contributed by atoms with E-state index in [1.807, 2.05) is 53.4 Å². The van der Waals surface area contributed by atoms with Crippen LogP contribution in [0.5, 0.6) is 0 Å². The summed E-state index contributed by atoms with van der Waals surface area (Å²) in [4.78, 5) is 33.2. The second-order valence-electron chi connectivity index (χ2n) is 12.7. The first-order valence-corrected chi connectivity index (χ1v) is 16.4. The summed E-state index contributed by atoms with van der Waals surface area (Å²) >= 11 is 1.52. The summed E-state index contributed by atoms with van der Waals surface area (Å²) in [5.74, 6) is -0.0545. The lowest BCUT2D eigenvalue weighted by Crippen LogP contribution is -2.35. The van der Waals surface area contributed by atoms with Gasteiger partial charge in [0, 0.05) is 23.5 Å². The molecule has 1 aliphatic heterocycles. The lowest BCUT2D eigenvalue weighted by Gasteiger charge is -2.30. The van der Waals surface area contributed by atoms with Gasteiger partial charge in [-0.05, 0) is 91.7 Å². The van der Waals surface area contributed by atoms with Gasteiger partial charge < -0.3 is 15.1 Å². The second kappa shape index (κ2) is 14.9. The number of anilines is 1. The molecule has 0 radical (unpaired) electrons. The third-order valence-electron chi connectivity index (χ3n) is 7.46. The molecule has 5 nitrogen and oxygen atoms in total. The summed E-state index contributed by atoms with van der Waals surface area (Å²) in [6, 6.07) is 22.3. The van der Waals surface area contributed by atoms with Gasteiger partial charge in [-0.1, -0.05) is 94.4 Å². The fourth-order valence-corrected chi connectivity index (χ4v) is 6.61. The minimum absolute atomic E-state index is 0.00236. The molecule has 1 heterocycles. The molecule has 0 saturated heterocycles. The number of nitrogens with zero attached hydrogens (tertiary/aromatic N) is 2. The van der Waals surface area contributed by atoms with Crippen LogP contribution in [0.2, 0.25) is 0 Å². The predicted octanol–water partition coefficient (Wildman–Crippen LogP) is 8.12.